The Balaban J connectivity index is 2.29. The van der Waals surface area contributed by atoms with Crippen LogP contribution in [0, 0.1) is 12.8 Å². The van der Waals surface area contributed by atoms with E-state index in [4.69, 9.17) is 14.2 Å². The number of methoxy groups -OCH3 is 2. The van der Waals surface area contributed by atoms with E-state index in [1.165, 1.54) is 5.56 Å². The summed E-state index contributed by atoms with van der Waals surface area (Å²) >= 11 is 0. The van der Waals surface area contributed by atoms with E-state index < -0.39 is 0 Å². The predicted octanol–water partition coefficient (Wildman–Crippen LogP) is 4.41. The Morgan fingerprint density at radius 2 is 1.85 bits per heavy atom. The third-order valence-corrected chi connectivity index (χ3v) is 5.21. The molecule has 0 spiro atoms. The Morgan fingerprint density at radius 1 is 1.19 bits per heavy atom. The molecule has 1 aromatic carbocycles. The van der Waals surface area contributed by atoms with Crippen molar-refractivity contribution < 1.29 is 19.0 Å². The van der Waals surface area contributed by atoms with Crippen molar-refractivity contribution in [1.29, 1.82) is 0 Å². The fraction of sp³-hybridized carbons (Fsp3) is 0.500. The van der Waals surface area contributed by atoms with Crippen molar-refractivity contribution in [3.63, 3.8) is 0 Å². The van der Waals surface area contributed by atoms with Gasteiger partial charge in [0.05, 0.1) is 32.1 Å². The number of ether oxygens (including phenoxy) is 3. The van der Waals surface area contributed by atoms with Crippen LogP contribution in [0.2, 0.25) is 0 Å². The molecule has 0 atom stereocenters. The third-order valence-electron chi connectivity index (χ3n) is 5.21. The molecule has 1 aromatic heterocycles. The van der Waals surface area contributed by atoms with Gasteiger partial charge in [-0.1, -0.05) is 13.8 Å². The number of nitrogens with zero attached hydrogens (tertiary/aromatic N) is 1. The number of esters is 1. The van der Waals surface area contributed by atoms with E-state index in [2.05, 4.69) is 25.3 Å². The molecule has 0 saturated carbocycles. The largest absolute Gasteiger partial charge is 0.493 e. The van der Waals surface area contributed by atoms with Crippen LogP contribution in [0.4, 0.5) is 0 Å². The van der Waals surface area contributed by atoms with Gasteiger partial charge in [-0.05, 0) is 55.9 Å². The van der Waals surface area contributed by atoms with Crippen LogP contribution in [-0.4, -0.2) is 31.4 Å². The van der Waals surface area contributed by atoms with Gasteiger partial charge in [-0.25, -0.2) is 4.79 Å². The van der Waals surface area contributed by atoms with Crippen molar-refractivity contribution in [3.8, 4) is 22.8 Å². The first-order valence-electron chi connectivity index (χ1n) is 9.57. The van der Waals surface area contributed by atoms with Gasteiger partial charge in [-0.3, -0.25) is 0 Å². The van der Waals surface area contributed by atoms with Gasteiger partial charge in [0.2, 0.25) is 0 Å². The summed E-state index contributed by atoms with van der Waals surface area (Å²) in [6.07, 6.45) is 1.74. The Morgan fingerprint density at radius 3 is 2.44 bits per heavy atom. The molecule has 0 saturated heterocycles. The van der Waals surface area contributed by atoms with Crippen molar-refractivity contribution in [3.05, 3.63) is 34.5 Å². The summed E-state index contributed by atoms with van der Waals surface area (Å²) in [6, 6.07) is 4.01. The second-order valence-corrected chi connectivity index (χ2v) is 7.37. The van der Waals surface area contributed by atoms with Gasteiger partial charge in [0.1, 0.15) is 0 Å². The molecule has 0 radical (unpaired) electrons. The van der Waals surface area contributed by atoms with Gasteiger partial charge in [-0.2, -0.15) is 0 Å². The summed E-state index contributed by atoms with van der Waals surface area (Å²) in [4.78, 5) is 12.9. The van der Waals surface area contributed by atoms with Crippen LogP contribution in [-0.2, 0) is 24.1 Å². The summed E-state index contributed by atoms with van der Waals surface area (Å²) in [5, 5.41) is 0. The molecule has 146 valence electrons. The van der Waals surface area contributed by atoms with E-state index in [-0.39, 0.29) is 5.97 Å². The molecular formula is C22H29NO4. The minimum Gasteiger partial charge on any atom is -0.493 e. The molecule has 0 N–H and O–H groups in total. The van der Waals surface area contributed by atoms with Gasteiger partial charge in [0, 0.05) is 17.8 Å². The van der Waals surface area contributed by atoms with Crippen molar-refractivity contribution in [2.24, 2.45) is 5.92 Å². The van der Waals surface area contributed by atoms with Crippen LogP contribution in [0.5, 0.6) is 11.5 Å². The molecule has 0 fully saturated rings. The molecule has 2 heterocycles. The van der Waals surface area contributed by atoms with E-state index in [0.717, 1.165) is 41.9 Å². The molecule has 0 bridgehead atoms. The number of carbonyl (C=O) groups excluding carboxylic acids is 1. The summed E-state index contributed by atoms with van der Waals surface area (Å²) in [5.74, 6) is 1.59. The van der Waals surface area contributed by atoms with Gasteiger partial charge < -0.3 is 18.8 Å². The monoisotopic (exact) mass is 371 g/mol. The quantitative estimate of drug-likeness (QED) is 0.706. The van der Waals surface area contributed by atoms with Gasteiger partial charge >= 0.3 is 5.97 Å². The number of hydrogen-bond donors (Lipinski definition) is 0. The van der Waals surface area contributed by atoms with Crippen molar-refractivity contribution in [2.75, 3.05) is 20.8 Å². The van der Waals surface area contributed by atoms with E-state index in [1.807, 2.05) is 19.1 Å². The first-order valence-corrected chi connectivity index (χ1v) is 9.57. The van der Waals surface area contributed by atoms with Crippen LogP contribution in [0.25, 0.3) is 11.3 Å². The van der Waals surface area contributed by atoms with Crippen LogP contribution < -0.4 is 9.47 Å². The van der Waals surface area contributed by atoms with Gasteiger partial charge in [-0.15, -0.1) is 0 Å². The smallest absolute Gasteiger partial charge is 0.340 e. The van der Waals surface area contributed by atoms with Crippen molar-refractivity contribution in [1.82, 2.24) is 4.57 Å². The predicted molar refractivity (Wildman–Crippen MR) is 106 cm³/mol. The minimum atomic E-state index is -0.243. The average molecular weight is 371 g/mol. The fourth-order valence-electron chi connectivity index (χ4n) is 4.01. The zero-order valence-electron chi connectivity index (χ0n) is 17.1. The highest BCUT2D eigenvalue weighted by molar-refractivity contribution is 6.00. The van der Waals surface area contributed by atoms with E-state index in [9.17, 15) is 4.79 Å². The van der Waals surface area contributed by atoms with Crippen molar-refractivity contribution in [2.45, 2.75) is 47.1 Å². The number of aryl methyl sites for hydroxylation is 1. The third kappa shape index (κ3) is 3.31. The summed E-state index contributed by atoms with van der Waals surface area (Å²) in [7, 11) is 3.28. The lowest BCUT2D eigenvalue weighted by molar-refractivity contribution is 0.0526. The molecule has 0 aliphatic carbocycles. The molecule has 5 heteroatoms. The maximum Gasteiger partial charge on any atom is 0.340 e. The van der Waals surface area contributed by atoms with Gasteiger partial charge in [0.15, 0.2) is 11.5 Å². The number of fused-ring (bicyclic) bond motifs is 3. The first kappa shape index (κ1) is 19.3. The summed E-state index contributed by atoms with van der Waals surface area (Å²) in [6.45, 7) is 9.50. The number of hydrogen-bond acceptors (Lipinski definition) is 4. The molecular weight excluding hydrogens is 342 g/mol. The molecule has 27 heavy (non-hydrogen) atoms. The second kappa shape index (κ2) is 7.67. The highest BCUT2D eigenvalue weighted by Crippen LogP contribution is 2.43. The molecule has 0 unspecified atom stereocenters. The van der Waals surface area contributed by atoms with Gasteiger partial charge in [0.25, 0.3) is 0 Å². The second-order valence-electron chi connectivity index (χ2n) is 7.37. The van der Waals surface area contributed by atoms with Crippen LogP contribution in [0.15, 0.2) is 12.1 Å². The highest BCUT2D eigenvalue weighted by atomic mass is 16.5. The normalized spacial score (nSPS) is 12.6. The van der Waals surface area contributed by atoms with Crippen LogP contribution >= 0.6 is 0 Å². The Bertz CT molecular complexity index is 864. The standard InChI is InChI=1S/C22H29NO4/c1-7-27-22(24)20-16(10-13(2)3)14(4)23-9-8-15-11-18(25-5)19(26-6)12-17(15)21(20)23/h11-13H,7-10H2,1-6H3. The number of aromatic nitrogens is 1. The lowest BCUT2D eigenvalue weighted by atomic mass is 9.93. The fourth-order valence-corrected chi connectivity index (χ4v) is 4.01. The zero-order chi connectivity index (χ0) is 19.7. The molecule has 1 aliphatic rings. The number of benzene rings is 1. The van der Waals surface area contributed by atoms with Crippen molar-refractivity contribution >= 4 is 5.97 Å². The maximum atomic E-state index is 12.9. The Hall–Kier alpha value is -2.43. The number of carbonyl (C=O) groups is 1. The topological polar surface area (TPSA) is 49.7 Å². The summed E-state index contributed by atoms with van der Waals surface area (Å²) in [5.41, 5.74) is 6.10. The number of rotatable bonds is 6. The molecule has 5 nitrogen and oxygen atoms in total. The molecule has 1 aliphatic heterocycles. The Kier molecular flexibility index (Phi) is 5.49. The van der Waals surface area contributed by atoms with E-state index in [0.29, 0.717) is 29.6 Å². The average Bonchev–Trinajstić information content (AvgIpc) is 2.92. The lowest BCUT2D eigenvalue weighted by Crippen LogP contribution is -2.15. The first-order chi connectivity index (χ1) is 12.9. The lowest BCUT2D eigenvalue weighted by Gasteiger charge is -2.23. The van der Waals surface area contributed by atoms with E-state index in [1.54, 1.807) is 14.2 Å². The summed E-state index contributed by atoms with van der Waals surface area (Å²) < 4.78 is 18.7. The zero-order valence-corrected chi connectivity index (χ0v) is 17.1. The minimum absolute atomic E-state index is 0.243. The maximum absolute atomic E-state index is 12.9. The molecule has 0 amide bonds. The van der Waals surface area contributed by atoms with Crippen LogP contribution in [0.1, 0.15) is 48.0 Å². The Labute approximate surface area is 161 Å². The highest BCUT2D eigenvalue weighted by Gasteiger charge is 2.31. The molecule has 2 aromatic rings. The SMILES string of the molecule is CCOC(=O)c1c(CC(C)C)c(C)n2c1-c1cc(OC)c(OC)cc1CC2. The van der Waals surface area contributed by atoms with E-state index >= 15 is 0 Å². The molecule has 3 rings (SSSR count). The van der Waals surface area contributed by atoms with Crippen LogP contribution in [0.3, 0.4) is 0 Å².